The summed E-state index contributed by atoms with van der Waals surface area (Å²) < 4.78 is 27.3. The predicted molar refractivity (Wildman–Crippen MR) is 71.1 cm³/mol. The Morgan fingerprint density at radius 3 is 2.71 bits per heavy atom. The minimum absolute atomic E-state index is 0.205. The van der Waals surface area contributed by atoms with Crippen molar-refractivity contribution in [1.82, 2.24) is 4.72 Å². The minimum Gasteiger partial charge on any atom is -0.399 e. The predicted octanol–water partition coefficient (Wildman–Crippen LogP) is 2.11. The molecule has 3 N–H and O–H groups in total. The van der Waals surface area contributed by atoms with Crippen molar-refractivity contribution in [2.24, 2.45) is 5.92 Å². The van der Waals surface area contributed by atoms with Crippen LogP contribution in [-0.4, -0.2) is 15.0 Å². The highest BCUT2D eigenvalue weighted by Crippen LogP contribution is 2.27. The Balaban J connectivity index is 2.15. The maximum absolute atomic E-state index is 12.1. The lowest BCUT2D eigenvalue weighted by Crippen LogP contribution is -2.32. The zero-order chi connectivity index (χ0) is 12.5. The zero-order valence-corrected chi connectivity index (χ0v) is 11.7. The second-order valence-corrected chi connectivity index (χ2v) is 6.93. The molecule has 94 valence electrons. The maximum atomic E-state index is 12.1. The summed E-state index contributed by atoms with van der Waals surface area (Å²) in [5.74, 6) is 0.490. The highest BCUT2D eigenvalue weighted by molar-refractivity contribution is 9.10. The molecule has 1 aromatic rings. The van der Waals surface area contributed by atoms with Crippen LogP contribution in [0.2, 0.25) is 0 Å². The van der Waals surface area contributed by atoms with Crippen LogP contribution in [0.3, 0.4) is 0 Å². The number of halogens is 1. The van der Waals surface area contributed by atoms with Gasteiger partial charge in [-0.25, -0.2) is 13.1 Å². The van der Waals surface area contributed by atoms with E-state index in [1.807, 2.05) is 0 Å². The highest BCUT2D eigenvalue weighted by atomic mass is 79.9. The molecule has 0 aromatic heterocycles. The largest absolute Gasteiger partial charge is 0.399 e. The molecular weight excluding hydrogens is 304 g/mol. The van der Waals surface area contributed by atoms with Crippen LogP contribution in [0.5, 0.6) is 0 Å². The van der Waals surface area contributed by atoms with Crippen LogP contribution >= 0.6 is 15.9 Å². The van der Waals surface area contributed by atoms with E-state index in [1.54, 1.807) is 12.1 Å². The highest BCUT2D eigenvalue weighted by Gasteiger charge is 2.22. The van der Waals surface area contributed by atoms with Crippen LogP contribution in [0.25, 0.3) is 0 Å². The molecule has 1 aliphatic carbocycles. The van der Waals surface area contributed by atoms with Crippen molar-refractivity contribution in [3.05, 3.63) is 22.7 Å². The molecule has 17 heavy (non-hydrogen) atoms. The standard InChI is InChI=1S/C11H15BrN2O2S/c12-10-5-4-9(13)6-11(10)17(15,16)14-7-8-2-1-3-8/h4-6,8,14H,1-3,7,13H2. The second kappa shape index (κ2) is 4.96. The maximum Gasteiger partial charge on any atom is 0.241 e. The molecule has 4 nitrogen and oxygen atoms in total. The van der Waals surface area contributed by atoms with E-state index in [1.165, 1.54) is 12.5 Å². The zero-order valence-electron chi connectivity index (χ0n) is 9.32. The van der Waals surface area contributed by atoms with E-state index in [-0.39, 0.29) is 4.90 Å². The van der Waals surface area contributed by atoms with Crippen molar-refractivity contribution in [2.75, 3.05) is 12.3 Å². The molecule has 0 saturated heterocycles. The van der Waals surface area contributed by atoms with Gasteiger partial charge in [-0.15, -0.1) is 0 Å². The summed E-state index contributed by atoms with van der Waals surface area (Å²) in [5, 5.41) is 0. The van der Waals surface area contributed by atoms with Crippen LogP contribution in [-0.2, 0) is 10.0 Å². The van der Waals surface area contributed by atoms with Gasteiger partial charge < -0.3 is 5.73 Å². The Morgan fingerprint density at radius 1 is 1.41 bits per heavy atom. The number of anilines is 1. The molecule has 0 unspecified atom stereocenters. The third-order valence-electron chi connectivity index (χ3n) is 3.03. The Bertz CT molecular complexity index is 512. The van der Waals surface area contributed by atoms with E-state index in [9.17, 15) is 8.42 Å². The first-order chi connectivity index (χ1) is 7.99. The van der Waals surface area contributed by atoms with Crippen molar-refractivity contribution in [1.29, 1.82) is 0 Å². The average molecular weight is 319 g/mol. The summed E-state index contributed by atoms with van der Waals surface area (Å²) in [6.45, 7) is 0.517. The van der Waals surface area contributed by atoms with Gasteiger partial charge in [-0.2, -0.15) is 0 Å². The fourth-order valence-electron chi connectivity index (χ4n) is 1.73. The lowest BCUT2D eigenvalue weighted by atomic mass is 9.86. The number of nitrogen functional groups attached to an aromatic ring is 1. The van der Waals surface area contributed by atoms with E-state index in [0.717, 1.165) is 12.8 Å². The third-order valence-corrected chi connectivity index (χ3v) is 5.45. The summed E-state index contributed by atoms with van der Waals surface area (Å²) in [6, 6.07) is 4.77. The van der Waals surface area contributed by atoms with Gasteiger partial charge in [-0.1, -0.05) is 6.42 Å². The summed E-state index contributed by atoms with van der Waals surface area (Å²) in [7, 11) is -3.46. The van der Waals surface area contributed by atoms with Gasteiger partial charge >= 0.3 is 0 Å². The summed E-state index contributed by atoms with van der Waals surface area (Å²) in [6.07, 6.45) is 3.43. The van der Waals surface area contributed by atoms with Gasteiger partial charge in [0.25, 0.3) is 0 Å². The van der Waals surface area contributed by atoms with Gasteiger partial charge in [-0.3, -0.25) is 0 Å². The van der Waals surface area contributed by atoms with E-state index in [2.05, 4.69) is 20.7 Å². The molecule has 2 rings (SSSR count). The number of benzene rings is 1. The number of nitrogens with one attached hydrogen (secondary N) is 1. The molecule has 1 fully saturated rings. The number of hydrogen-bond donors (Lipinski definition) is 2. The van der Waals surface area contributed by atoms with Crippen LogP contribution in [0.1, 0.15) is 19.3 Å². The van der Waals surface area contributed by atoms with Gasteiger partial charge in [-0.05, 0) is 52.9 Å². The Kier molecular flexibility index (Phi) is 3.75. The fourth-order valence-corrected chi connectivity index (χ4v) is 3.84. The van der Waals surface area contributed by atoms with Crippen LogP contribution in [0, 0.1) is 5.92 Å². The molecule has 0 radical (unpaired) electrons. The smallest absolute Gasteiger partial charge is 0.241 e. The van der Waals surface area contributed by atoms with Crippen molar-refractivity contribution in [2.45, 2.75) is 24.2 Å². The Morgan fingerprint density at radius 2 is 2.12 bits per heavy atom. The van der Waals surface area contributed by atoms with E-state index in [0.29, 0.717) is 22.6 Å². The summed E-state index contributed by atoms with van der Waals surface area (Å²) in [4.78, 5) is 0.205. The molecule has 6 heteroatoms. The SMILES string of the molecule is Nc1ccc(Br)c(S(=O)(=O)NCC2CCC2)c1. The molecule has 0 spiro atoms. The first kappa shape index (κ1) is 12.9. The average Bonchev–Trinajstić information content (AvgIpc) is 2.19. The van der Waals surface area contributed by atoms with Crippen molar-refractivity contribution in [3.63, 3.8) is 0 Å². The van der Waals surface area contributed by atoms with Gasteiger partial charge in [0, 0.05) is 16.7 Å². The van der Waals surface area contributed by atoms with Crippen LogP contribution in [0.15, 0.2) is 27.6 Å². The Hall–Kier alpha value is -0.590. The van der Waals surface area contributed by atoms with Crippen molar-refractivity contribution < 1.29 is 8.42 Å². The fraction of sp³-hybridized carbons (Fsp3) is 0.455. The van der Waals surface area contributed by atoms with E-state index in [4.69, 9.17) is 5.73 Å². The van der Waals surface area contributed by atoms with Gasteiger partial charge in [0.15, 0.2) is 0 Å². The lowest BCUT2D eigenvalue weighted by Gasteiger charge is -2.25. The molecule has 1 aliphatic rings. The monoisotopic (exact) mass is 318 g/mol. The molecule has 0 bridgehead atoms. The van der Waals surface area contributed by atoms with Crippen molar-refractivity contribution >= 4 is 31.6 Å². The normalized spacial score (nSPS) is 16.8. The summed E-state index contributed by atoms with van der Waals surface area (Å²) in [5.41, 5.74) is 6.05. The molecule has 0 atom stereocenters. The number of sulfonamides is 1. The molecular formula is C11H15BrN2O2S. The van der Waals surface area contributed by atoms with Gasteiger partial charge in [0.1, 0.15) is 0 Å². The van der Waals surface area contributed by atoms with Crippen molar-refractivity contribution in [3.8, 4) is 0 Å². The van der Waals surface area contributed by atoms with E-state index < -0.39 is 10.0 Å². The van der Waals surface area contributed by atoms with Gasteiger partial charge in [0.2, 0.25) is 10.0 Å². The number of nitrogens with two attached hydrogens (primary N) is 1. The quantitative estimate of drug-likeness (QED) is 0.835. The lowest BCUT2D eigenvalue weighted by molar-refractivity contribution is 0.316. The Labute approximate surface area is 110 Å². The molecule has 0 aliphatic heterocycles. The summed E-state index contributed by atoms with van der Waals surface area (Å²) >= 11 is 3.23. The molecule has 1 aromatic carbocycles. The first-order valence-corrected chi connectivity index (χ1v) is 7.81. The van der Waals surface area contributed by atoms with Gasteiger partial charge in [0.05, 0.1) is 4.90 Å². The second-order valence-electron chi connectivity index (χ2n) is 4.34. The minimum atomic E-state index is -3.46. The third kappa shape index (κ3) is 3.00. The molecule has 0 heterocycles. The number of hydrogen-bond acceptors (Lipinski definition) is 3. The topological polar surface area (TPSA) is 72.2 Å². The van der Waals surface area contributed by atoms with Crippen LogP contribution in [0.4, 0.5) is 5.69 Å². The number of rotatable bonds is 4. The van der Waals surface area contributed by atoms with Crippen LogP contribution < -0.4 is 10.5 Å². The van der Waals surface area contributed by atoms with E-state index >= 15 is 0 Å². The first-order valence-electron chi connectivity index (χ1n) is 5.54. The molecule has 1 saturated carbocycles. The molecule has 0 amide bonds.